The summed E-state index contributed by atoms with van der Waals surface area (Å²) in [5.74, 6) is -0.164. The van der Waals surface area contributed by atoms with E-state index in [9.17, 15) is 9.18 Å². The van der Waals surface area contributed by atoms with Gasteiger partial charge in [0, 0.05) is 12.3 Å². The summed E-state index contributed by atoms with van der Waals surface area (Å²) >= 11 is 0. The Morgan fingerprint density at radius 1 is 1.16 bits per heavy atom. The first kappa shape index (κ1) is 15.4. The van der Waals surface area contributed by atoms with E-state index in [-0.39, 0.29) is 5.91 Å². The molecule has 0 saturated carbocycles. The van der Waals surface area contributed by atoms with Crippen molar-refractivity contribution in [3.8, 4) is 5.75 Å². The first-order chi connectivity index (χ1) is 12.2. The van der Waals surface area contributed by atoms with Gasteiger partial charge in [-0.25, -0.2) is 4.39 Å². The largest absolute Gasteiger partial charge is 0.490 e. The molecule has 0 N–H and O–H groups in total. The van der Waals surface area contributed by atoms with Crippen LogP contribution in [-0.2, 0) is 6.54 Å². The number of ether oxygens (including phenoxy) is 1. The number of carbonyl (C=O) groups excluding carboxylic acids is 1. The molecule has 6 heteroatoms. The van der Waals surface area contributed by atoms with E-state index in [1.807, 2.05) is 30.3 Å². The van der Waals surface area contributed by atoms with E-state index in [1.54, 1.807) is 16.9 Å². The van der Waals surface area contributed by atoms with Crippen molar-refractivity contribution in [2.75, 3.05) is 18.1 Å². The molecule has 3 aromatic rings. The number of hydrogen-bond acceptors (Lipinski definition) is 3. The van der Waals surface area contributed by atoms with Gasteiger partial charge in [0.25, 0.3) is 5.91 Å². The minimum Gasteiger partial charge on any atom is -0.490 e. The molecule has 1 aromatic heterocycles. The Morgan fingerprint density at radius 3 is 2.84 bits per heavy atom. The Hall–Kier alpha value is -3.15. The van der Waals surface area contributed by atoms with Crippen molar-refractivity contribution in [1.82, 2.24) is 9.78 Å². The van der Waals surface area contributed by atoms with Crippen molar-refractivity contribution in [1.29, 1.82) is 0 Å². The number of anilines is 1. The summed E-state index contributed by atoms with van der Waals surface area (Å²) in [7, 11) is 0. The lowest BCUT2D eigenvalue weighted by Gasteiger charge is -2.28. The highest BCUT2D eigenvalue weighted by molar-refractivity contribution is 6.05. The number of hydrogen-bond donors (Lipinski definition) is 0. The Kier molecular flexibility index (Phi) is 3.93. The third-order valence-electron chi connectivity index (χ3n) is 4.08. The molecule has 25 heavy (non-hydrogen) atoms. The highest BCUT2D eigenvalue weighted by Crippen LogP contribution is 2.32. The first-order valence-corrected chi connectivity index (χ1v) is 8.02. The molecule has 0 aliphatic carbocycles. The second kappa shape index (κ2) is 6.39. The molecular weight excluding hydrogens is 321 g/mol. The van der Waals surface area contributed by atoms with Gasteiger partial charge in [-0.05, 0) is 23.8 Å². The van der Waals surface area contributed by atoms with Gasteiger partial charge in [0.2, 0.25) is 0 Å². The molecule has 0 fully saturated rings. The molecule has 1 aliphatic rings. The SMILES string of the molecule is O=C(c1ccn(Cc2ccccc2)n1)N1CCOc2ccc(F)cc21. The maximum Gasteiger partial charge on any atom is 0.278 e. The lowest BCUT2D eigenvalue weighted by atomic mass is 10.2. The summed E-state index contributed by atoms with van der Waals surface area (Å²) in [4.78, 5) is 14.3. The molecule has 1 amide bonds. The predicted octanol–water partition coefficient (Wildman–Crippen LogP) is 3.11. The molecule has 2 aromatic carbocycles. The predicted molar refractivity (Wildman–Crippen MR) is 91.3 cm³/mol. The minimum absolute atomic E-state index is 0.262. The number of benzene rings is 2. The highest BCUT2D eigenvalue weighted by atomic mass is 19.1. The van der Waals surface area contributed by atoms with Crippen LogP contribution in [-0.4, -0.2) is 28.8 Å². The van der Waals surface area contributed by atoms with Crippen LogP contribution in [0, 0.1) is 5.82 Å². The summed E-state index contributed by atoms with van der Waals surface area (Å²) in [5, 5.41) is 4.37. The summed E-state index contributed by atoms with van der Waals surface area (Å²) in [6.45, 7) is 1.32. The van der Waals surface area contributed by atoms with E-state index in [1.165, 1.54) is 23.1 Å². The first-order valence-electron chi connectivity index (χ1n) is 8.02. The zero-order chi connectivity index (χ0) is 17.2. The van der Waals surface area contributed by atoms with E-state index in [0.717, 1.165) is 5.56 Å². The number of nitrogens with zero attached hydrogens (tertiary/aromatic N) is 3. The van der Waals surface area contributed by atoms with Crippen LogP contribution < -0.4 is 9.64 Å². The fourth-order valence-corrected chi connectivity index (χ4v) is 2.87. The van der Waals surface area contributed by atoms with E-state index < -0.39 is 5.82 Å². The number of aromatic nitrogens is 2. The smallest absolute Gasteiger partial charge is 0.278 e. The van der Waals surface area contributed by atoms with E-state index in [4.69, 9.17) is 4.74 Å². The van der Waals surface area contributed by atoms with Crippen molar-refractivity contribution in [2.24, 2.45) is 0 Å². The minimum atomic E-state index is -0.406. The van der Waals surface area contributed by atoms with E-state index >= 15 is 0 Å². The van der Waals surface area contributed by atoms with Gasteiger partial charge in [-0.15, -0.1) is 0 Å². The van der Waals surface area contributed by atoms with Crippen LogP contribution in [0.1, 0.15) is 16.1 Å². The molecular formula is C19H16FN3O2. The van der Waals surface area contributed by atoms with Gasteiger partial charge in [0.1, 0.15) is 18.2 Å². The van der Waals surface area contributed by atoms with Crippen LogP contribution in [0.15, 0.2) is 60.8 Å². The monoisotopic (exact) mass is 337 g/mol. The number of amides is 1. The maximum absolute atomic E-state index is 13.6. The van der Waals surface area contributed by atoms with Crippen LogP contribution in [0.3, 0.4) is 0 Å². The Labute approximate surface area is 144 Å². The van der Waals surface area contributed by atoms with E-state index in [0.29, 0.717) is 36.8 Å². The number of rotatable bonds is 3. The quantitative estimate of drug-likeness (QED) is 0.738. The van der Waals surface area contributed by atoms with Gasteiger partial charge in [-0.3, -0.25) is 14.4 Å². The highest BCUT2D eigenvalue weighted by Gasteiger charge is 2.26. The van der Waals surface area contributed by atoms with Crippen LogP contribution in [0.2, 0.25) is 0 Å². The van der Waals surface area contributed by atoms with Crippen molar-refractivity contribution in [3.05, 3.63) is 77.9 Å². The molecule has 0 spiro atoms. The van der Waals surface area contributed by atoms with Gasteiger partial charge in [-0.2, -0.15) is 5.10 Å². The average molecular weight is 337 g/mol. The standard InChI is InChI=1S/C19H16FN3O2/c20-15-6-7-18-17(12-15)23(10-11-25-18)19(24)16-8-9-22(21-16)13-14-4-2-1-3-5-14/h1-9,12H,10-11,13H2. The lowest BCUT2D eigenvalue weighted by Crippen LogP contribution is -2.38. The maximum atomic E-state index is 13.6. The number of fused-ring (bicyclic) bond motifs is 1. The normalized spacial score (nSPS) is 13.2. The number of halogens is 1. The topological polar surface area (TPSA) is 47.4 Å². The molecule has 5 nitrogen and oxygen atoms in total. The zero-order valence-corrected chi connectivity index (χ0v) is 13.4. The van der Waals surface area contributed by atoms with Gasteiger partial charge in [-0.1, -0.05) is 30.3 Å². The molecule has 1 aliphatic heterocycles. The second-order valence-corrected chi connectivity index (χ2v) is 5.80. The Balaban J connectivity index is 1.57. The van der Waals surface area contributed by atoms with Crippen molar-refractivity contribution in [3.63, 3.8) is 0 Å². The molecule has 0 unspecified atom stereocenters. The zero-order valence-electron chi connectivity index (χ0n) is 13.4. The van der Waals surface area contributed by atoms with Crippen LogP contribution in [0.4, 0.5) is 10.1 Å². The summed E-state index contributed by atoms with van der Waals surface area (Å²) in [6.07, 6.45) is 1.77. The van der Waals surface area contributed by atoms with E-state index in [2.05, 4.69) is 5.10 Å². The lowest BCUT2D eigenvalue weighted by molar-refractivity contribution is 0.0971. The number of carbonyl (C=O) groups is 1. The van der Waals surface area contributed by atoms with Gasteiger partial charge in [0.05, 0.1) is 18.8 Å². The molecule has 4 rings (SSSR count). The molecule has 0 saturated heterocycles. The van der Waals surface area contributed by atoms with Crippen LogP contribution >= 0.6 is 0 Å². The second-order valence-electron chi connectivity index (χ2n) is 5.80. The van der Waals surface area contributed by atoms with Gasteiger partial charge < -0.3 is 4.74 Å². The van der Waals surface area contributed by atoms with Gasteiger partial charge >= 0.3 is 0 Å². The summed E-state index contributed by atoms with van der Waals surface area (Å²) in [5.41, 5.74) is 1.87. The van der Waals surface area contributed by atoms with Gasteiger partial charge in [0.15, 0.2) is 5.69 Å². The fraction of sp³-hybridized carbons (Fsp3) is 0.158. The third kappa shape index (κ3) is 3.10. The fourth-order valence-electron chi connectivity index (χ4n) is 2.87. The summed E-state index contributed by atoms with van der Waals surface area (Å²) in [6, 6.07) is 15.7. The Bertz CT molecular complexity index is 908. The van der Waals surface area contributed by atoms with Crippen molar-refractivity contribution < 1.29 is 13.9 Å². The van der Waals surface area contributed by atoms with Crippen molar-refractivity contribution in [2.45, 2.75) is 6.54 Å². The molecule has 0 radical (unpaired) electrons. The molecule has 0 atom stereocenters. The Morgan fingerprint density at radius 2 is 2.00 bits per heavy atom. The molecule has 126 valence electrons. The molecule has 2 heterocycles. The summed E-state index contributed by atoms with van der Waals surface area (Å²) < 4.78 is 20.8. The van der Waals surface area contributed by atoms with Crippen LogP contribution in [0.25, 0.3) is 0 Å². The molecule has 0 bridgehead atoms. The van der Waals surface area contributed by atoms with Crippen LogP contribution in [0.5, 0.6) is 5.75 Å². The average Bonchev–Trinajstić information content (AvgIpc) is 3.10. The van der Waals surface area contributed by atoms with Crippen molar-refractivity contribution >= 4 is 11.6 Å². The third-order valence-corrected chi connectivity index (χ3v) is 4.08.